The van der Waals surface area contributed by atoms with Gasteiger partial charge in [-0.25, -0.2) is 4.98 Å². The molecule has 2 aliphatic rings. The standard InChI is InChI=1S/C16H24N4O2/c21-15-4-2-1-3-14(15)20-9-5-12(6-10-20)19-16(22)13-11-17-7-8-18-13/h7-8,11-12,14-15,21H,1-6,9-10H2,(H,19,22). The third-order valence-corrected chi connectivity index (χ3v) is 4.82. The van der Waals surface area contributed by atoms with Gasteiger partial charge in [0, 0.05) is 37.6 Å². The Hall–Kier alpha value is -1.53. The van der Waals surface area contributed by atoms with Gasteiger partial charge >= 0.3 is 0 Å². The Balaban J connectivity index is 1.48. The van der Waals surface area contributed by atoms with Gasteiger partial charge in [-0.2, -0.15) is 0 Å². The number of nitrogens with zero attached hydrogens (tertiary/aromatic N) is 3. The van der Waals surface area contributed by atoms with Crippen molar-refractivity contribution >= 4 is 5.91 Å². The summed E-state index contributed by atoms with van der Waals surface area (Å²) in [7, 11) is 0. The van der Waals surface area contributed by atoms with Gasteiger partial charge in [-0.1, -0.05) is 12.8 Å². The third-order valence-electron chi connectivity index (χ3n) is 4.82. The summed E-state index contributed by atoms with van der Waals surface area (Å²) >= 11 is 0. The molecule has 120 valence electrons. The first-order chi connectivity index (χ1) is 10.7. The molecule has 1 saturated carbocycles. The number of aliphatic hydroxyl groups is 1. The highest BCUT2D eigenvalue weighted by Crippen LogP contribution is 2.25. The zero-order valence-corrected chi connectivity index (χ0v) is 12.8. The number of likely N-dealkylation sites (tertiary alicyclic amines) is 1. The highest BCUT2D eigenvalue weighted by Gasteiger charge is 2.31. The molecule has 2 heterocycles. The van der Waals surface area contributed by atoms with Gasteiger partial charge in [0.1, 0.15) is 5.69 Å². The first kappa shape index (κ1) is 15.4. The van der Waals surface area contributed by atoms with E-state index in [2.05, 4.69) is 20.2 Å². The molecule has 1 saturated heterocycles. The largest absolute Gasteiger partial charge is 0.391 e. The average Bonchev–Trinajstić information content (AvgIpc) is 2.57. The number of aromatic nitrogens is 2. The van der Waals surface area contributed by atoms with Crippen LogP contribution in [0, 0.1) is 0 Å². The molecule has 0 spiro atoms. The first-order valence-corrected chi connectivity index (χ1v) is 8.23. The van der Waals surface area contributed by atoms with Crippen molar-refractivity contribution in [2.45, 2.75) is 56.7 Å². The first-order valence-electron chi connectivity index (χ1n) is 8.23. The molecule has 0 radical (unpaired) electrons. The molecule has 2 N–H and O–H groups in total. The number of nitrogens with one attached hydrogen (secondary N) is 1. The number of hydrogen-bond acceptors (Lipinski definition) is 5. The van der Waals surface area contributed by atoms with Crippen molar-refractivity contribution in [2.24, 2.45) is 0 Å². The Labute approximate surface area is 131 Å². The van der Waals surface area contributed by atoms with E-state index in [1.54, 1.807) is 6.20 Å². The lowest BCUT2D eigenvalue weighted by molar-refractivity contribution is 0.00726. The molecule has 1 aromatic rings. The second kappa shape index (κ2) is 7.15. The molecular formula is C16H24N4O2. The number of amides is 1. The Kier molecular flexibility index (Phi) is 5.00. The molecule has 0 aromatic carbocycles. The number of aliphatic hydroxyl groups excluding tert-OH is 1. The molecule has 6 heteroatoms. The maximum Gasteiger partial charge on any atom is 0.271 e. The summed E-state index contributed by atoms with van der Waals surface area (Å²) in [5, 5.41) is 13.2. The normalized spacial score (nSPS) is 27.5. The molecule has 2 unspecified atom stereocenters. The fraction of sp³-hybridized carbons (Fsp3) is 0.688. The van der Waals surface area contributed by atoms with Gasteiger partial charge in [0.25, 0.3) is 5.91 Å². The topological polar surface area (TPSA) is 78.4 Å². The maximum absolute atomic E-state index is 12.1. The molecule has 3 rings (SSSR count). The lowest BCUT2D eigenvalue weighted by Crippen LogP contribution is -2.52. The Morgan fingerprint density at radius 2 is 1.95 bits per heavy atom. The summed E-state index contributed by atoms with van der Waals surface area (Å²) < 4.78 is 0. The zero-order valence-electron chi connectivity index (χ0n) is 12.8. The minimum Gasteiger partial charge on any atom is -0.391 e. The number of piperidine rings is 1. The second-order valence-electron chi connectivity index (χ2n) is 6.29. The van der Waals surface area contributed by atoms with Crippen molar-refractivity contribution in [3.05, 3.63) is 24.3 Å². The monoisotopic (exact) mass is 304 g/mol. The van der Waals surface area contributed by atoms with Crippen molar-refractivity contribution in [1.29, 1.82) is 0 Å². The smallest absolute Gasteiger partial charge is 0.271 e. The van der Waals surface area contributed by atoms with Crippen LogP contribution in [0.4, 0.5) is 0 Å². The van der Waals surface area contributed by atoms with Gasteiger partial charge in [-0.15, -0.1) is 0 Å². The fourth-order valence-electron chi connectivity index (χ4n) is 3.57. The van der Waals surface area contributed by atoms with E-state index in [9.17, 15) is 9.90 Å². The summed E-state index contributed by atoms with van der Waals surface area (Å²) in [5.74, 6) is -0.149. The van der Waals surface area contributed by atoms with Crippen LogP contribution < -0.4 is 5.32 Å². The second-order valence-corrected chi connectivity index (χ2v) is 6.29. The summed E-state index contributed by atoms with van der Waals surface area (Å²) in [5.41, 5.74) is 0.368. The molecule has 6 nitrogen and oxygen atoms in total. The molecule has 2 atom stereocenters. The van der Waals surface area contributed by atoms with Crippen LogP contribution in [0.25, 0.3) is 0 Å². The average molecular weight is 304 g/mol. The maximum atomic E-state index is 12.1. The SMILES string of the molecule is O=C(NC1CCN(C2CCCCC2O)CC1)c1cnccn1. The van der Waals surface area contributed by atoms with E-state index in [0.717, 1.165) is 45.2 Å². The highest BCUT2D eigenvalue weighted by atomic mass is 16.3. The van der Waals surface area contributed by atoms with Crippen LogP contribution >= 0.6 is 0 Å². The van der Waals surface area contributed by atoms with Crippen LogP contribution in [0.2, 0.25) is 0 Å². The van der Waals surface area contributed by atoms with Crippen molar-refractivity contribution in [3.8, 4) is 0 Å². The number of carbonyl (C=O) groups is 1. The predicted molar refractivity (Wildman–Crippen MR) is 82.4 cm³/mol. The van der Waals surface area contributed by atoms with E-state index in [1.807, 2.05) is 0 Å². The highest BCUT2D eigenvalue weighted by molar-refractivity contribution is 5.92. The minimum absolute atomic E-state index is 0.149. The number of carbonyl (C=O) groups excluding carboxylic acids is 1. The summed E-state index contributed by atoms with van der Waals surface area (Å²) in [6.07, 6.45) is 10.6. The van der Waals surface area contributed by atoms with Gasteiger partial charge in [0.05, 0.1) is 12.3 Å². The Bertz CT molecular complexity index is 488. The van der Waals surface area contributed by atoms with Crippen LogP contribution in [0.3, 0.4) is 0 Å². The molecule has 1 aliphatic heterocycles. The Morgan fingerprint density at radius 1 is 1.18 bits per heavy atom. The van der Waals surface area contributed by atoms with E-state index >= 15 is 0 Å². The third kappa shape index (κ3) is 3.62. The molecule has 1 aromatic heterocycles. The molecule has 1 amide bonds. The fourth-order valence-corrected chi connectivity index (χ4v) is 3.57. The number of hydrogen-bond donors (Lipinski definition) is 2. The Morgan fingerprint density at radius 3 is 2.64 bits per heavy atom. The van der Waals surface area contributed by atoms with E-state index in [1.165, 1.54) is 18.8 Å². The van der Waals surface area contributed by atoms with Gasteiger partial charge in [-0.3, -0.25) is 14.7 Å². The van der Waals surface area contributed by atoms with Gasteiger partial charge < -0.3 is 10.4 Å². The van der Waals surface area contributed by atoms with Crippen LogP contribution in [0.5, 0.6) is 0 Å². The van der Waals surface area contributed by atoms with Crippen molar-refractivity contribution in [1.82, 2.24) is 20.2 Å². The lowest BCUT2D eigenvalue weighted by atomic mass is 9.89. The van der Waals surface area contributed by atoms with Crippen molar-refractivity contribution in [2.75, 3.05) is 13.1 Å². The molecule has 0 bridgehead atoms. The molecule has 22 heavy (non-hydrogen) atoms. The van der Waals surface area contributed by atoms with Gasteiger partial charge in [-0.05, 0) is 25.7 Å². The minimum atomic E-state index is -0.181. The summed E-state index contributed by atoms with van der Waals surface area (Å²) in [6, 6.07) is 0.497. The van der Waals surface area contributed by atoms with Crippen LogP contribution in [-0.2, 0) is 0 Å². The van der Waals surface area contributed by atoms with Gasteiger partial charge in [0.15, 0.2) is 0 Å². The zero-order chi connectivity index (χ0) is 15.4. The van der Waals surface area contributed by atoms with Gasteiger partial charge in [0.2, 0.25) is 0 Å². The van der Waals surface area contributed by atoms with E-state index in [-0.39, 0.29) is 18.1 Å². The lowest BCUT2D eigenvalue weighted by Gasteiger charge is -2.41. The van der Waals surface area contributed by atoms with Crippen LogP contribution in [-0.4, -0.2) is 57.2 Å². The molecular weight excluding hydrogens is 280 g/mol. The molecule has 1 aliphatic carbocycles. The quantitative estimate of drug-likeness (QED) is 0.870. The van der Waals surface area contributed by atoms with Crippen molar-refractivity contribution in [3.63, 3.8) is 0 Å². The molecule has 2 fully saturated rings. The van der Waals surface area contributed by atoms with E-state index in [0.29, 0.717) is 11.7 Å². The van der Waals surface area contributed by atoms with E-state index < -0.39 is 0 Å². The summed E-state index contributed by atoms with van der Waals surface area (Å²) in [6.45, 7) is 1.88. The number of rotatable bonds is 3. The van der Waals surface area contributed by atoms with Crippen LogP contribution in [0.15, 0.2) is 18.6 Å². The van der Waals surface area contributed by atoms with Crippen molar-refractivity contribution < 1.29 is 9.90 Å². The van der Waals surface area contributed by atoms with Crippen LogP contribution in [0.1, 0.15) is 49.0 Å². The predicted octanol–water partition coefficient (Wildman–Crippen LogP) is 0.974. The van der Waals surface area contributed by atoms with E-state index in [4.69, 9.17) is 0 Å². The summed E-state index contributed by atoms with van der Waals surface area (Å²) in [4.78, 5) is 22.4.